The summed E-state index contributed by atoms with van der Waals surface area (Å²) in [6.07, 6.45) is 1.04. The minimum atomic E-state index is -0.277. The van der Waals surface area contributed by atoms with Crippen molar-refractivity contribution in [3.63, 3.8) is 0 Å². The molecule has 10 heteroatoms. The van der Waals surface area contributed by atoms with E-state index in [2.05, 4.69) is 38.1 Å². The van der Waals surface area contributed by atoms with Gasteiger partial charge in [0.1, 0.15) is 12.3 Å². The van der Waals surface area contributed by atoms with E-state index in [-0.39, 0.29) is 11.6 Å². The zero-order valence-corrected chi connectivity index (χ0v) is 20.4. The van der Waals surface area contributed by atoms with Crippen LogP contribution in [-0.4, -0.2) is 99.6 Å². The van der Waals surface area contributed by atoms with Crippen LogP contribution in [0.3, 0.4) is 0 Å². The molecular weight excluding hydrogens is 448 g/mol. The summed E-state index contributed by atoms with van der Waals surface area (Å²) in [7, 11) is 0. The third kappa shape index (κ3) is 5.83. The number of anilines is 3. The normalized spacial score (nSPS) is 18.4. The van der Waals surface area contributed by atoms with E-state index in [9.17, 15) is 4.79 Å². The van der Waals surface area contributed by atoms with Crippen LogP contribution >= 0.6 is 0 Å². The Morgan fingerprint density at radius 2 is 1.80 bits per heavy atom. The van der Waals surface area contributed by atoms with E-state index in [1.54, 1.807) is 6.07 Å². The standard InChI is InChI=1S/C25H34N6O4/c1-2-30-6-5-19-3-4-20(17-22(19)30)26-24(32)21-18-23(35-16-9-29-7-12-33-13-8-29)28-25(27-21)31-10-14-34-15-11-31/h3-4,17-18H,2,5-16H2,1H3,(H,26,32). The number of nitrogens with zero attached hydrogens (tertiary/aromatic N) is 5. The minimum absolute atomic E-state index is 0.277. The van der Waals surface area contributed by atoms with Crippen molar-refractivity contribution in [2.45, 2.75) is 13.3 Å². The summed E-state index contributed by atoms with van der Waals surface area (Å²) in [4.78, 5) is 29.1. The molecular formula is C25H34N6O4. The first-order valence-electron chi connectivity index (χ1n) is 12.5. The number of likely N-dealkylation sites (N-methyl/N-ethyl adjacent to an activating group) is 1. The molecule has 3 aliphatic heterocycles. The predicted molar refractivity (Wildman–Crippen MR) is 134 cm³/mol. The fraction of sp³-hybridized carbons (Fsp3) is 0.560. The number of morpholine rings is 2. The van der Waals surface area contributed by atoms with Crippen molar-refractivity contribution in [1.29, 1.82) is 0 Å². The fourth-order valence-corrected chi connectivity index (χ4v) is 4.66. The number of amides is 1. The molecule has 0 unspecified atom stereocenters. The Bertz CT molecular complexity index is 1020. The summed E-state index contributed by atoms with van der Waals surface area (Å²) < 4.78 is 16.9. The van der Waals surface area contributed by atoms with Crippen LogP contribution < -0.4 is 19.9 Å². The Kier molecular flexibility index (Phi) is 7.60. The molecule has 0 bridgehead atoms. The number of hydrogen-bond donors (Lipinski definition) is 1. The summed E-state index contributed by atoms with van der Waals surface area (Å²) in [6.45, 7) is 11.2. The van der Waals surface area contributed by atoms with E-state index >= 15 is 0 Å². The molecule has 35 heavy (non-hydrogen) atoms. The fourth-order valence-electron chi connectivity index (χ4n) is 4.66. The number of carbonyl (C=O) groups is 1. The maximum absolute atomic E-state index is 13.2. The van der Waals surface area contributed by atoms with Gasteiger partial charge in [-0.25, -0.2) is 4.98 Å². The van der Waals surface area contributed by atoms with Crippen molar-refractivity contribution in [3.8, 4) is 5.88 Å². The van der Waals surface area contributed by atoms with Crippen LogP contribution in [0.4, 0.5) is 17.3 Å². The van der Waals surface area contributed by atoms with E-state index in [0.717, 1.165) is 58.0 Å². The highest BCUT2D eigenvalue weighted by atomic mass is 16.5. The summed E-state index contributed by atoms with van der Waals surface area (Å²) in [5.41, 5.74) is 3.55. The number of fused-ring (bicyclic) bond motifs is 1. The van der Waals surface area contributed by atoms with Gasteiger partial charge in [0.05, 0.1) is 26.4 Å². The Labute approximate surface area is 206 Å². The molecule has 0 saturated carbocycles. The molecule has 188 valence electrons. The van der Waals surface area contributed by atoms with Gasteiger partial charge in [-0.2, -0.15) is 4.98 Å². The Hall–Kier alpha value is -2.95. The smallest absolute Gasteiger partial charge is 0.274 e. The summed E-state index contributed by atoms with van der Waals surface area (Å²) >= 11 is 0. The van der Waals surface area contributed by atoms with Crippen LogP contribution in [0.25, 0.3) is 0 Å². The predicted octanol–water partition coefficient (Wildman–Crippen LogP) is 1.66. The molecule has 5 rings (SSSR count). The van der Waals surface area contributed by atoms with Gasteiger partial charge in [-0.1, -0.05) is 6.07 Å². The number of aromatic nitrogens is 2. The van der Waals surface area contributed by atoms with Gasteiger partial charge in [0, 0.05) is 63.3 Å². The van der Waals surface area contributed by atoms with Gasteiger partial charge in [-0.3, -0.25) is 9.69 Å². The molecule has 0 spiro atoms. The zero-order valence-electron chi connectivity index (χ0n) is 20.4. The molecule has 0 aliphatic carbocycles. The third-order valence-electron chi connectivity index (χ3n) is 6.70. The van der Waals surface area contributed by atoms with Crippen LogP contribution in [0.15, 0.2) is 24.3 Å². The van der Waals surface area contributed by atoms with E-state index < -0.39 is 0 Å². The molecule has 1 aromatic heterocycles. The van der Waals surface area contributed by atoms with Crippen molar-refractivity contribution in [3.05, 3.63) is 35.5 Å². The first-order valence-corrected chi connectivity index (χ1v) is 12.5. The quantitative estimate of drug-likeness (QED) is 0.603. The van der Waals surface area contributed by atoms with Gasteiger partial charge < -0.3 is 29.3 Å². The SMILES string of the molecule is CCN1CCc2ccc(NC(=O)c3cc(OCCN4CCOCC4)nc(N4CCOCC4)n3)cc21. The number of benzene rings is 1. The monoisotopic (exact) mass is 482 g/mol. The van der Waals surface area contributed by atoms with E-state index in [0.29, 0.717) is 44.7 Å². The van der Waals surface area contributed by atoms with Gasteiger partial charge in [0.25, 0.3) is 5.91 Å². The average Bonchev–Trinajstić information content (AvgIpc) is 3.32. The van der Waals surface area contributed by atoms with Crippen LogP contribution in [0.5, 0.6) is 5.88 Å². The molecule has 0 atom stereocenters. The van der Waals surface area contributed by atoms with Crippen LogP contribution in [-0.2, 0) is 15.9 Å². The molecule has 0 radical (unpaired) electrons. The van der Waals surface area contributed by atoms with Crippen LogP contribution in [0.1, 0.15) is 23.0 Å². The Balaban J connectivity index is 1.31. The van der Waals surface area contributed by atoms with Gasteiger partial charge in [0.2, 0.25) is 11.8 Å². The van der Waals surface area contributed by atoms with Crippen molar-refractivity contribution in [2.24, 2.45) is 0 Å². The summed E-state index contributed by atoms with van der Waals surface area (Å²) in [5, 5.41) is 3.02. The maximum Gasteiger partial charge on any atom is 0.274 e. The number of rotatable bonds is 8. The topological polar surface area (TPSA) is 92.3 Å². The second kappa shape index (κ2) is 11.2. The first kappa shape index (κ1) is 23.8. The highest BCUT2D eigenvalue weighted by Gasteiger charge is 2.21. The molecule has 1 amide bonds. The average molecular weight is 483 g/mol. The molecule has 4 heterocycles. The van der Waals surface area contributed by atoms with Gasteiger partial charge in [0.15, 0.2) is 0 Å². The lowest BCUT2D eigenvalue weighted by atomic mass is 10.1. The zero-order chi connectivity index (χ0) is 24.0. The molecule has 1 aromatic carbocycles. The summed E-state index contributed by atoms with van der Waals surface area (Å²) in [6, 6.07) is 7.73. The second-order valence-corrected chi connectivity index (χ2v) is 8.92. The Morgan fingerprint density at radius 3 is 2.57 bits per heavy atom. The molecule has 2 fully saturated rings. The van der Waals surface area contributed by atoms with Crippen LogP contribution in [0.2, 0.25) is 0 Å². The van der Waals surface area contributed by atoms with E-state index in [1.807, 2.05) is 17.0 Å². The highest BCUT2D eigenvalue weighted by molar-refractivity contribution is 6.03. The van der Waals surface area contributed by atoms with Gasteiger partial charge in [-0.15, -0.1) is 0 Å². The Morgan fingerprint density at radius 1 is 1.03 bits per heavy atom. The lowest BCUT2D eigenvalue weighted by molar-refractivity contribution is 0.0320. The van der Waals surface area contributed by atoms with Crippen molar-refractivity contribution in [2.75, 3.05) is 94.0 Å². The van der Waals surface area contributed by atoms with E-state index in [1.165, 1.54) is 11.3 Å². The molecule has 2 saturated heterocycles. The van der Waals surface area contributed by atoms with Crippen molar-refractivity contribution < 1.29 is 19.0 Å². The van der Waals surface area contributed by atoms with Gasteiger partial charge >= 0.3 is 0 Å². The molecule has 2 aromatic rings. The summed E-state index contributed by atoms with van der Waals surface area (Å²) in [5.74, 6) is 0.625. The maximum atomic E-state index is 13.2. The lowest BCUT2D eigenvalue weighted by Crippen LogP contribution is -2.39. The van der Waals surface area contributed by atoms with Crippen molar-refractivity contribution >= 4 is 23.2 Å². The largest absolute Gasteiger partial charge is 0.476 e. The first-order chi connectivity index (χ1) is 17.2. The number of carbonyl (C=O) groups excluding carboxylic acids is 1. The third-order valence-corrected chi connectivity index (χ3v) is 6.70. The minimum Gasteiger partial charge on any atom is -0.476 e. The van der Waals surface area contributed by atoms with Crippen molar-refractivity contribution in [1.82, 2.24) is 14.9 Å². The van der Waals surface area contributed by atoms with Gasteiger partial charge in [-0.05, 0) is 31.0 Å². The lowest BCUT2D eigenvalue weighted by Gasteiger charge is -2.27. The second-order valence-electron chi connectivity index (χ2n) is 8.92. The molecule has 10 nitrogen and oxygen atoms in total. The highest BCUT2D eigenvalue weighted by Crippen LogP contribution is 2.30. The molecule has 1 N–H and O–H groups in total. The number of hydrogen-bond acceptors (Lipinski definition) is 9. The number of ether oxygens (including phenoxy) is 3. The van der Waals surface area contributed by atoms with Crippen LogP contribution in [0, 0.1) is 0 Å². The molecule has 3 aliphatic rings. The number of nitrogens with one attached hydrogen (secondary N) is 1. The van der Waals surface area contributed by atoms with E-state index in [4.69, 9.17) is 14.2 Å².